The lowest BCUT2D eigenvalue weighted by Crippen LogP contribution is -2.25. The number of nitrogens with one attached hydrogen (secondary N) is 6. The maximum Gasteiger partial charge on any atom is 0.255 e. The highest BCUT2D eigenvalue weighted by Crippen LogP contribution is 2.38. The lowest BCUT2D eigenvalue weighted by atomic mass is 9.97. The smallest absolute Gasteiger partial charge is 0.255 e. The van der Waals surface area contributed by atoms with E-state index >= 15 is 0 Å². The van der Waals surface area contributed by atoms with Gasteiger partial charge in [0.1, 0.15) is 0 Å². The summed E-state index contributed by atoms with van der Waals surface area (Å²) in [4.78, 5) is 80.4. The lowest BCUT2D eigenvalue weighted by molar-refractivity contribution is -0.138. The number of nitrogens with zero attached hydrogens (tertiary/aromatic N) is 4. The Bertz CT molecular complexity index is 4020. The normalized spacial score (nSPS) is 19.1. The maximum absolute atomic E-state index is 12.3. The van der Waals surface area contributed by atoms with Crippen molar-refractivity contribution in [1.29, 1.82) is 0 Å². The third-order valence-corrected chi connectivity index (χ3v) is 17.6. The van der Waals surface area contributed by atoms with Gasteiger partial charge in [0.25, 0.3) is 5.91 Å². The summed E-state index contributed by atoms with van der Waals surface area (Å²) in [6, 6.07) is 43.9. The molecule has 0 spiro atoms. The molecule has 0 bridgehead atoms. The molecule has 424 valence electrons. The molecule has 17 heteroatoms. The van der Waals surface area contributed by atoms with Crippen LogP contribution in [0.2, 0.25) is 0 Å². The highest BCUT2D eigenvalue weighted by molar-refractivity contribution is 9.10. The summed E-state index contributed by atoms with van der Waals surface area (Å²) in [5.41, 5.74) is 12.6. The van der Waals surface area contributed by atoms with Crippen molar-refractivity contribution >= 4 is 116 Å². The van der Waals surface area contributed by atoms with Crippen LogP contribution in [0.25, 0.3) is 43.6 Å². The number of hydrogen-bond acceptors (Lipinski definition) is 8. The Labute approximate surface area is 498 Å². The number of likely N-dealkylation sites (N-methyl/N-ethyl adjacent to an activating group) is 4. The molecule has 4 atom stereocenters. The third kappa shape index (κ3) is 12.5. The molecule has 8 heterocycles. The Balaban J connectivity index is 0.000000118. The van der Waals surface area contributed by atoms with Gasteiger partial charge in [0, 0.05) is 141 Å². The van der Waals surface area contributed by atoms with E-state index in [0.29, 0.717) is 23.1 Å². The molecule has 83 heavy (non-hydrogen) atoms. The summed E-state index contributed by atoms with van der Waals surface area (Å²) in [5.74, 6) is -0.320. The number of anilines is 2. The third-order valence-electron chi connectivity index (χ3n) is 16.6. The van der Waals surface area contributed by atoms with Crippen LogP contribution in [-0.2, 0) is 25.7 Å². The highest BCUT2D eigenvalue weighted by atomic mass is 79.9. The number of carbonyl (C=O) groups is 5. The van der Waals surface area contributed by atoms with Gasteiger partial charge in [-0.2, -0.15) is 0 Å². The van der Waals surface area contributed by atoms with Gasteiger partial charge in [0.2, 0.25) is 23.6 Å². The number of likely N-dealkylation sites (tertiary alicyclic amines) is 4. The van der Waals surface area contributed by atoms with E-state index in [4.69, 9.17) is 0 Å². The van der Waals surface area contributed by atoms with E-state index in [1.54, 1.807) is 24.4 Å². The molecule has 0 radical (unpaired) electrons. The van der Waals surface area contributed by atoms with Gasteiger partial charge in [0.15, 0.2) is 0 Å². The molecule has 10 aromatic rings. The monoisotopic (exact) mass is 1240 g/mol. The topological polar surface area (TPSA) is 186 Å². The van der Waals surface area contributed by atoms with Gasteiger partial charge in [-0.05, 0) is 165 Å². The number of H-pyrrole nitrogens is 4. The molecule has 4 fully saturated rings. The Kier molecular flexibility index (Phi) is 16.9. The van der Waals surface area contributed by atoms with Crippen molar-refractivity contribution < 1.29 is 24.0 Å². The Hall–Kier alpha value is -8.09. The number of halogens is 2. The van der Waals surface area contributed by atoms with Crippen molar-refractivity contribution in [2.75, 3.05) is 65.0 Å². The fourth-order valence-corrected chi connectivity index (χ4v) is 12.6. The van der Waals surface area contributed by atoms with Gasteiger partial charge < -0.3 is 40.4 Å². The van der Waals surface area contributed by atoms with Crippen molar-refractivity contribution in [2.24, 2.45) is 0 Å². The lowest BCUT2D eigenvalue weighted by Gasteiger charge is -2.11. The summed E-state index contributed by atoms with van der Waals surface area (Å²) < 4.78 is 2.12. The number of hydrogen-bond donors (Lipinski definition) is 6. The van der Waals surface area contributed by atoms with Gasteiger partial charge in [-0.3, -0.25) is 33.8 Å². The van der Waals surface area contributed by atoms with E-state index < -0.39 is 5.92 Å². The van der Waals surface area contributed by atoms with E-state index in [-0.39, 0.29) is 48.3 Å². The van der Waals surface area contributed by atoms with E-state index in [1.165, 1.54) is 101 Å². The summed E-state index contributed by atoms with van der Waals surface area (Å²) >= 11 is 6.97. The first-order valence-corrected chi connectivity index (χ1v) is 29.6. The number of imide groups is 2. The number of aromatic amines is 4. The van der Waals surface area contributed by atoms with Crippen LogP contribution in [0.15, 0.2) is 167 Å². The van der Waals surface area contributed by atoms with E-state index in [2.05, 4.69) is 165 Å². The zero-order valence-electron chi connectivity index (χ0n) is 46.8. The second-order valence-corrected chi connectivity index (χ2v) is 24.0. The van der Waals surface area contributed by atoms with Gasteiger partial charge in [-0.25, -0.2) is 0 Å². The average molecular weight is 1240 g/mol. The minimum Gasteiger partial charge on any atom is -0.381 e. The predicted molar refractivity (Wildman–Crippen MR) is 337 cm³/mol. The second kappa shape index (κ2) is 24.8. The van der Waals surface area contributed by atoms with Crippen molar-refractivity contribution in [3.05, 3.63) is 201 Å². The van der Waals surface area contributed by atoms with Crippen molar-refractivity contribution in [3.8, 4) is 0 Å². The molecule has 15 nitrogen and oxygen atoms in total. The van der Waals surface area contributed by atoms with E-state index in [1.807, 2.05) is 54.7 Å². The van der Waals surface area contributed by atoms with Crippen molar-refractivity contribution in [2.45, 2.75) is 55.9 Å². The summed E-state index contributed by atoms with van der Waals surface area (Å²) in [6.07, 6.45) is 10.9. The van der Waals surface area contributed by atoms with Crippen molar-refractivity contribution in [3.63, 3.8) is 0 Å². The Morgan fingerprint density at radius 1 is 0.506 bits per heavy atom. The molecule has 4 aromatic heterocycles. The van der Waals surface area contributed by atoms with Gasteiger partial charge in [-0.15, -0.1) is 0 Å². The molecular formula is C66H66Br2N10O5. The molecule has 0 saturated carbocycles. The molecule has 6 aromatic carbocycles. The molecule has 6 N–H and O–H groups in total. The molecular weight excluding hydrogens is 1170 g/mol. The molecule has 4 aliphatic rings. The maximum atomic E-state index is 12.3. The number of fused-ring (bicyclic) bond motifs is 4. The van der Waals surface area contributed by atoms with Crippen LogP contribution in [0.3, 0.4) is 0 Å². The van der Waals surface area contributed by atoms with E-state index in [9.17, 15) is 24.0 Å². The van der Waals surface area contributed by atoms with Crippen LogP contribution in [0, 0.1) is 0 Å². The molecule has 4 saturated heterocycles. The number of carbonyl (C=O) groups excluding carboxylic acids is 5. The van der Waals surface area contributed by atoms with E-state index in [0.717, 1.165) is 55.0 Å². The molecule has 5 amide bonds. The molecule has 14 rings (SSSR count). The van der Waals surface area contributed by atoms with Gasteiger partial charge in [-0.1, -0.05) is 80.4 Å². The van der Waals surface area contributed by atoms with Gasteiger partial charge >= 0.3 is 0 Å². The van der Waals surface area contributed by atoms with Crippen LogP contribution < -0.4 is 10.6 Å². The Morgan fingerprint density at radius 2 is 0.916 bits per heavy atom. The number of benzene rings is 6. The Morgan fingerprint density at radius 3 is 1.37 bits per heavy atom. The first kappa shape index (κ1) is 56.8. The highest BCUT2D eigenvalue weighted by Gasteiger charge is 2.39. The number of rotatable bonds is 9. The SMILES string of the molecule is CN1C(=O)CC(c2c[nH]c3ccc(Br)cc23)C1=O.CN1C(=O)CC(c2c[nH]c3ccc(NC(=O)c4ccccc4)cc23)C1=O.CN1CCC(c2c[nH]c3ccc(Br)cc23)C1.CN1CCC(c2c[nH]c3ccc(NCc4ccccc4)cc23)C1. The quantitative estimate of drug-likeness (QED) is 0.0771. The summed E-state index contributed by atoms with van der Waals surface area (Å²) in [6.45, 7) is 5.61. The first-order chi connectivity index (χ1) is 40.1. The number of aromatic nitrogens is 4. The summed E-state index contributed by atoms with van der Waals surface area (Å²) in [5, 5.41) is 11.0. The predicted octanol–water partition coefficient (Wildman–Crippen LogP) is 12.8. The molecule has 4 aliphatic heterocycles. The fraction of sp³-hybridized carbons (Fsp3) is 0.258. The van der Waals surface area contributed by atoms with Crippen LogP contribution in [-0.4, -0.2) is 123 Å². The first-order valence-electron chi connectivity index (χ1n) is 28.0. The zero-order valence-corrected chi connectivity index (χ0v) is 49.9. The molecule has 4 unspecified atom stereocenters. The zero-order chi connectivity index (χ0) is 57.9. The summed E-state index contributed by atoms with van der Waals surface area (Å²) in [7, 11) is 7.45. The van der Waals surface area contributed by atoms with Crippen LogP contribution in [0.5, 0.6) is 0 Å². The standard InChI is InChI=1S/C20H17N3O3.C20H23N3.C13H11BrN2O2.C13H15BrN2/c1-23-18(24)10-15(20(23)26)16-11-21-17-8-7-13(9-14(16)17)22-19(25)12-5-3-2-4-6-12;1-23-10-9-16(14-23)19-13-22-20-8-7-17(11-18(19)20)21-12-15-5-3-2-4-6-15;1-16-12(17)5-9(13(16)18)10-6-15-11-3-2-7(14)4-8(10)11;1-16-5-4-9(8-16)12-7-15-13-3-2-10(14)6-11(12)13/h2-9,11,15,21H,10H2,1H3,(H,22,25);2-8,11,13,16,21-22H,9-10,12,14H2,1H3;2-4,6,9,15H,5H2,1H3;2-3,6-7,9,15H,4-5,8H2,1H3. The van der Waals surface area contributed by atoms with Crippen LogP contribution in [0.1, 0.15) is 87.5 Å². The minimum atomic E-state index is -0.485. The van der Waals surface area contributed by atoms with Crippen LogP contribution in [0.4, 0.5) is 11.4 Å². The van der Waals surface area contributed by atoms with Gasteiger partial charge in [0.05, 0.1) is 11.8 Å². The van der Waals surface area contributed by atoms with Crippen molar-refractivity contribution in [1.82, 2.24) is 39.5 Å². The number of amides is 5. The molecule has 0 aliphatic carbocycles. The fourth-order valence-electron chi connectivity index (χ4n) is 11.9. The second-order valence-electron chi connectivity index (χ2n) is 22.1. The largest absolute Gasteiger partial charge is 0.381 e. The van der Waals surface area contributed by atoms with Crippen LogP contribution >= 0.6 is 31.9 Å². The minimum absolute atomic E-state index is 0.116. The average Bonchev–Trinajstić information content (AvgIpc) is 4.45.